The molecule has 24 heavy (non-hydrogen) atoms. The van der Waals surface area contributed by atoms with Crippen molar-refractivity contribution < 1.29 is 13.0 Å². The number of benzene rings is 3. The third-order valence-corrected chi connectivity index (χ3v) is 6.98. The SMILES string of the molecule is O=S(=O)(O)c1ccccc1P(c1ccccc1)c1ccccc1.[Na]. The Kier molecular flexibility index (Phi) is 6.76. The largest absolute Gasteiger partial charge is 0.295 e. The van der Waals surface area contributed by atoms with Crippen LogP contribution in [0.25, 0.3) is 0 Å². The molecule has 3 aromatic carbocycles. The quantitative estimate of drug-likeness (QED) is 0.439. The van der Waals surface area contributed by atoms with Gasteiger partial charge in [-0.15, -0.1) is 0 Å². The summed E-state index contributed by atoms with van der Waals surface area (Å²) in [6.07, 6.45) is 0. The van der Waals surface area contributed by atoms with Gasteiger partial charge in [-0.2, -0.15) is 8.42 Å². The summed E-state index contributed by atoms with van der Waals surface area (Å²) in [7, 11) is -5.35. The Bertz CT molecular complexity index is 860. The molecule has 0 fully saturated rings. The molecule has 0 spiro atoms. The minimum absolute atomic E-state index is 0. The van der Waals surface area contributed by atoms with Crippen molar-refractivity contribution in [1.82, 2.24) is 0 Å². The molecule has 0 atom stereocenters. The van der Waals surface area contributed by atoms with E-state index in [2.05, 4.69) is 0 Å². The van der Waals surface area contributed by atoms with Crippen LogP contribution in [0.5, 0.6) is 0 Å². The van der Waals surface area contributed by atoms with Crippen molar-refractivity contribution in [2.75, 3.05) is 0 Å². The van der Waals surface area contributed by atoms with E-state index >= 15 is 0 Å². The average molecular weight is 365 g/mol. The monoisotopic (exact) mass is 365 g/mol. The molecule has 117 valence electrons. The van der Waals surface area contributed by atoms with Crippen LogP contribution in [0.3, 0.4) is 0 Å². The van der Waals surface area contributed by atoms with E-state index in [0.717, 1.165) is 10.6 Å². The second-order valence-electron chi connectivity index (χ2n) is 4.95. The zero-order valence-corrected chi connectivity index (χ0v) is 16.9. The molecule has 0 aliphatic carbocycles. The Morgan fingerprint density at radius 1 is 0.667 bits per heavy atom. The summed E-state index contributed by atoms with van der Waals surface area (Å²) in [5, 5.41) is 2.69. The van der Waals surface area contributed by atoms with Gasteiger partial charge in [-0.3, -0.25) is 4.55 Å². The Labute approximate surface area is 165 Å². The van der Waals surface area contributed by atoms with E-state index in [9.17, 15) is 13.0 Å². The maximum absolute atomic E-state index is 11.8. The Morgan fingerprint density at radius 2 is 1.08 bits per heavy atom. The zero-order chi connectivity index (χ0) is 16.3. The maximum atomic E-state index is 11.8. The van der Waals surface area contributed by atoms with E-state index < -0.39 is 18.0 Å². The van der Waals surface area contributed by atoms with Gasteiger partial charge in [-0.25, -0.2) is 0 Å². The zero-order valence-electron chi connectivity index (χ0n) is 13.2. The van der Waals surface area contributed by atoms with Crippen LogP contribution in [-0.2, 0) is 10.1 Å². The first-order valence-electron chi connectivity index (χ1n) is 7.04. The van der Waals surface area contributed by atoms with Crippen LogP contribution in [0.15, 0.2) is 89.8 Å². The van der Waals surface area contributed by atoms with Crippen molar-refractivity contribution in [2.24, 2.45) is 0 Å². The summed E-state index contributed by atoms with van der Waals surface area (Å²) in [5.74, 6) is 0. The molecule has 0 aliphatic heterocycles. The first-order valence-corrected chi connectivity index (χ1v) is 9.82. The van der Waals surface area contributed by atoms with E-state index in [1.165, 1.54) is 6.07 Å². The molecule has 0 bridgehead atoms. The van der Waals surface area contributed by atoms with Gasteiger partial charge in [0.15, 0.2) is 0 Å². The second-order valence-corrected chi connectivity index (χ2v) is 8.52. The van der Waals surface area contributed by atoms with Crippen molar-refractivity contribution in [3.63, 3.8) is 0 Å². The van der Waals surface area contributed by atoms with Crippen molar-refractivity contribution in [2.45, 2.75) is 4.90 Å². The molecule has 0 saturated heterocycles. The molecule has 0 aromatic heterocycles. The second kappa shape index (κ2) is 8.39. The maximum Gasteiger partial charge on any atom is 0.295 e. The van der Waals surface area contributed by atoms with E-state index in [-0.39, 0.29) is 34.5 Å². The van der Waals surface area contributed by atoms with Crippen molar-refractivity contribution in [3.05, 3.63) is 84.9 Å². The first kappa shape index (κ1) is 19.3. The predicted octanol–water partition coefficient (Wildman–Crippen LogP) is 2.31. The van der Waals surface area contributed by atoms with Gasteiger partial charge in [0.1, 0.15) is 4.90 Å². The van der Waals surface area contributed by atoms with Gasteiger partial charge >= 0.3 is 0 Å². The molecule has 0 saturated carbocycles. The Hall–Kier alpha value is -1.000. The fourth-order valence-corrected chi connectivity index (χ4v) is 5.97. The minimum Gasteiger partial charge on any atom is -0.282 e. The Balaban J connectivity index is 0.00000208. The van der Waals surface area contributed by atoms with Crippen molar-refractivity contribution >= 4 is 63.5 Å². The predicted molar refractivity (Wildman–Crippen MR) is 101 cm³/mol. The van der Waals surface area contributed by atoms with Crippen LogP contribution in [-0.4, -0.2) is 42.5 Å². The molecular formula is C18H15NaO3PS. The standard InChI is InChI=1S/C18H15O3PS.Na/c19-23(20,21)18-14-8-7-13-17(18)22(15-9-3-1-4-10-15)16-11-5-2-6-12-16;/h1-14H,(H,19,20,21);. The molecule has 0 heterocycles. The van der Waals surface area contributed by atoms with Gasteiger partial charge in [-0.05, 0) is 24.6 Å². The smallest absolute Gasteiger partial charge is 0.282 e. The van der Waals surface area contributed by atoms with Crippen LogP contribution in [0.2, 0.25) is 0 Å². The molecule has 3 nitrogen and oxygen atoms in total. The molecule has 0 unspecified atom stereocenters. The summed E-state index contributed by atoms with van der Waals surface area (Å²) >= 11 is 0. The van der Waals surface area contributed by atoms with E-state index in [1.54, 1.807) is 18.2 Å². The topological polar surface area (TPSA) is 54.4 Å². The molecule has 3 aromatic rings. The van der Waals surface area contributed by atoms with Gasteiger partial charge in [-0.1, -0.05) is 78.9 Å². The van der Waals surface area contributed by atoms with Crippen LogP contribution in [0.1, 0.15) is 0 Å². The summed E-state index contributed by atoms with van der Waals surface area (Å²) in [6, 6.07) is 26.2. The van der Waals surface area contributed by atoms with Crippen LogP contribution in [0.4, 0.5) is 0 Å². The summed E-state index contributed by atoms with van der Waals surface area (Å²) in [6.45, 7) is 0. The Morgan fingerprint density at radius 3 is 1.54 bits per heavy atom. The number of rotatable bonds is 4. The number of hydrogen-bond donors (Lipinski definition) is 1. The molecule has 6 heteroatoms. The molecule has 0 amide bonds. The molecule has 1 N–H and O–H groups in total. The summed E-state index contributed by atoms with van der Waals surface area (Å²) in [4.78, 5) is -0.0289. The van der Waals surface area contributed by atoms with Gasteiger partial charge < -0.3 is 0 Å². The van der Waals surface area contributed by atoms with Crippen LogP contribution in [0, 0.1) is 0 Å². The molecule has 1 radical (unpaired) electrons. The van der Waals surface area contributed by atoms with Gasteiger partial charge in [0.05, 0.1) is 0 Å². The fourth-order valence-electron chi connectivity index (χ4n) is 2.44. The van der Waals surface area contributed by atoms with Gasteiger partial charge in [0.2, 0.25) is 0 Å². The first-order chi connectivity index (χ1) is 11.1. The summed E-state index contributed by atoms with van der Waals surface area (Å²) in [5.41, 5.74) is 0. The normalized spacial score (nSPS) is 11.1. The summed E-state index contributed by atoms with van der Waals surface area (Å²) < 4.78 is 33.2. The fraction of sp³-hybridized carbons (Fsp3) is 0. The molecule has 0 aliphatic rings. The van der Waals surface area contributed by atoms with Crippen molar-refractivity contribution in [1.29, 1.82) is 0 Å². The molecular weight excluding hydrogens is 350 g/mol. The van der Waals surface area contributed by atoms with Crippen molar-refractivity contribution in [3.8, 4) is 0 Å². The molecule has 3 rings (SSSR count). The van der Waals surface area contributed by atoms with Crippen LogP contribution < -0.4 is 15.9 Å². The third kappa shape index (κ3) is 4.34. The average Bonchev–Trinajstić information content (AvgIpc) is 2.57. The van der Waals surface area contributed by atoms with E-state index in [0.29, 0.717) is 5.30 Å². The number of hydrogen-bond acceptors (Lipinski definition) is 2. The van der Waals surface area contributed by atoms with Crippen LogP contribution >= 0.6 is 7.92 Å². The van der Waals surface area contributed by atoms with Gasteiger partial charge in [0, 0.05) is 34.9 Å². The van der Waals surface area contributed by atoms with Gasteiger partial charge in [0.25, 0.3) is 10.1 Å². The third-order valence-electron chi connectivity index (χ3n) is 3.41. The van der Waals surface area contributed by atoms with E-state index in [1.807, 2.05) is 60.7 Å². The van der Waals surface area contributed by atoms with E-state index in [4.69, 9.17) is 0 Å². The minimum atomic E-state index is -4.28.